The molecule has 0 bridgehead atoms. The molecule has 6 nitrogen and oxygen atoms in total. The molecule has 2 aromatic heterocycles. The van der Waals surface area contributed by atoms with Gasteiger partial charge in [-0.1, -0.05) is 30.3 Å². The van der Waals surface area contributed by atoms with Crippen LogP contribution in [0.3, 0.4) is 0 Å². The molecule has 4 aromatic rings. The van der Waals surface area contributed by atoms with Gasteiger partial charge in [0.1, 0.15) is 11.4 Å². The topological polar surface area (TPSA) is 68.5 Å². The van der Waals surface area contributed by atoms with Gasteiger partial charge in [0.15, 0.2) is 5.65 Å². The van der Waals surface area contributed by atoms with Gasteiger partial charge >= 0.3 is 5.97 Å². The normalized spacial score (nSPS) is 13.8. The lowest BCUT2D eigenvalue weighted by Gasteiger charge is -2.19. The number of nitrogens with zero attached hydrogens (tertiary/aromatic N) is 3. The second-order valence-electron chi connectivity index (χ2n) is 9.21. The van der Waals surface area contributed by atoms with E-state index in [9.17, 15) is 4.79 Å². The molecule has 0 amide bonds. The van der Waals surface area contributed by atoms with Crippen LogP contribution in [0.4, 0.5) is 11.5 Å². The van der Waals surface area contributed by atoms with E-state index in [0.717, 1.165) is 34.1 Å². The zero-order valence-electron chi connectivity index (χ0n) is 18.5. The van der Waals surface area contributed by atoms with Crippen molar-refractivity contribution >= 4 is 23.1 Å². The standard InChI is InChI=1S/C26H26N4O2/c1-26(2,3)32-25(31)19-11-13-20(14-12-19)27-23-15-21(17-7-5-4-6-8-17)28-24-16-22(18-9-10-18)29-30(23)24/h4-8,11-16,18,27H,9-10H2,1-3H3. The minimum atomic E-state index is -0.524. The summed E-state index contributed by atoms with van der Waals surface area (Å²) in [5.74, 6) is 1.03. The first-order valence-electron chi connectivity index (χ1n) is 10.9. The zero-order chi connectivity index (χ0) is 22.3. The summed E-state index contributed by atoms with van der Waals surface area (Å²) >= 11 is 0. The smallest absolute Gasteiger partial charge is 0.338 e. The summed E-state index contributed by atoms with van der Waals surface area (Å²) in [4.78, 5) is 17.2. The van der Waals surface area contributed by atoms with E-state index in [-0.39, 0.29) is 5.97 Å². The SMILES string of the molecule is CC(C)(C)OC(=O)c1ccc(Nc2cc(-c3ccccc3)nc3cc(C4CC4)nn23)cc1. The van der Waals surface area contributed by atoms with Crippen LogP contribution >= 0.6 is 0 Å². The van der Waals surface area contributed by atoms with Gasteiger partial charge in [0, 0.05) is 29.3 Å². The third-order valence-corrected chi connectivity index (χ3v) is 5.30. The second kappa shape index (κ2) is 7.79. The summed E-state index contributed by atoms with van der Waals surface area (Å²) in [6.45, 7) is 5.58. The van der Waals surface area contributed by atoms with Crippen LogP contribution < -0.4 is 5.32 Å². The van der Waals surface area contributed by atoms with Gasteiger partial charge < -0.3 is 10.1 Å². The highest BCUT2D eigenvalue weighted by Crippen LogP contribution is 2.40. The number of ether oxygens (including phenoxy) is 1. The summed E-state index contributed by atoms with van der Waals surface area (Å²) in [6.07, 6.45) is 2.37. The average Bonchev–Trinajstić information content (AvgIpc) is 3.52. The van der Waals surface area contributed by atoms with E-state index in [1.54, 1.807) is 12.1 Å². The first-order valence-corrected chi connectivity index (χ1v) is 10.9. The Kier molecular flexibility index (Phi) is 4.93. The maximum absolute atomic E-state index is 12.3. The van der Waals surface area contributed by atoms with Crippen molar-refractivity contribution in [2.24, 2.45) is 0 Å². The van der Waals surface area contributed by atoms with Crippen molar-refractivity contribution < 1.29 is 9.53 Å². The highest BCUT2D eigenvalue weighted by Gasteiger charge is 2.27. The molecule has 6 heteroatoms. The largest absolute Gasteiger partial charge is 0.456 e. The number of anilines is 2. The fourth-order valence-corrected chi connectivity index (χ4v) is 3.59. The predicted molar refractivity (Wildman–Crippen MR) is 125 cm³/mol. The molecule has 0 unspecified atom stereocenters. The lowest BCUT2D eigenvalue weighted by atomic mass is 10.1. The Bertz CT molecular complexity index is 1270. The van der Waals surface area contributed by atoms with E-state index in [4.69, 9.17) is 14.8 Å². The van der Waals surface area contributed by atoms with Crippen LogP contribution in [-0.4, -0.2) is 26.2 Å². The van der Waals surface area contributed by atoms with Crippen LogP contribution in [-0.2, 0) is 4.74 Å². The lowest BCUT2D eigenvalue weighted by Crippen LogP contribution is -2.23. The first kappa shape index (κ1) is 20.2. The molecule has 2 aromatic carbocycles. The van der Waals surface area contributed by atoms with Gasteiger partial charge in [-0.05, 0) is 57.9 Å². The highest BCUT2D eigenvalue weighted by atomic mass is 16.6. The number of carbonyl (C=O) groups is 1. The van der Waals surface area contributed by atoms with Gasteiger partial charge in [-0.25, -0.2) is 9.78 Å². The molecule has 0 spiro atoms. The minimum Gasteiger partial charge on any atom is -0.456 e. The lowest BCUT2D eigenvalue weighted by molar-refractivity contribution is 0.00695. The van der Waals surface area contributed by atoms with Crippen LogP contribution in [0.5, 0.6) is 0 Å². The number of hydrogen-bond donors (Lipinski definition) is 1. The summed E-state index contributed by atoms with van der Waals surface area (Å²) < 4.78 is 7.32. The average molecular weight is 427 g/mol. The Morgan fingerprint density at radius 2 is 1.75 bits per heavy atom. The first-order chi connectivity index (χ1) is 15.4. The second-order valence-corrected chi connectivity index (χ2v) is 9.21. The monoisotopic (exact) mass is 426 g/mol. The third kappa shape index (κ3) is 4.35. The van der Waals surface area contributed by atoms with Crippen molar-refractivity contribution in [3.63, 3.8) is 0 Å². The maximum atomic E-state index is 12.3. The van der Waals surface area contributed by atoms with Crippen LogP contribution in [0.25, 0.3) is 16.9 Å². The van der Waals surface area contributed by atoms with E-state index < -0.39 is 5.60 Å². The fourth-order valence-electron chi connectivity index (χ4n) is 3.59. The fraction of sp³-hybridized carbons (Fsp3) is 0.269. The zero-order valence-corrected chi connectivity index (χ0v) is 18.5. The van der Waals surface area contributed by atoms with Crippen LogP contribution in [0.15, 0.2) is 66.7 Å². The Balaban J connectivity index is 1.48. The van der Waals surface area contributed by atoms with Crippen LogP contribution in [0.1, 0.15) is 55.6 Å². The molecule has 0 radical (unpaired) electrons. The quantitative estimate of drug-likeness (QED) is 0.398. The van der Waals surface area contributed by atoms with Crippen molar-refractivity contribution in [2.75, 3.05) is 5.32 Å². The number of hydrogen-bond acceptors (Lipinski definition) is 5. The van der Waals surface area contributed by atoms with Crippen molar-refractivity contribution in [2.45, 2.75) is 45.1 Å². The van der Waals surface area contributed by atoms with E-state index in [2.05, 4.69) is 23.5 Å². The van der Waals surface area contributed by atoms with Crippen LogP contribution in [0, 0.1) is 0 Å². The van der Waals surface area contributed by atoms with Gasteiger partial charge in [-0.15, -0.1) is 0 Å². The molecule has 0 saturated heterocycles. The van der Waals surface area contributed by atoms with E-state index in [1.165, 1.54) is 12.8 Å². The van der Waals surface area contributed by atoms with Crippen molar-refractivity contribution in [3.05, 3.63) is 78.0 Å². The number of nitrogens with one attached hydrogen (secondary N) is 1. The molecular weight excluding hydrogens is 400 g/mol. The summed E-state index contributed by atoms with van der Waals surface area (Å²) in [7, 11) is 0. The van der Waals surface area contributed by atoms with Gasteiger partial charge in [0.2, 0.25) is 0 Å². The number of benzene rings is 2. The minimum absolute atomic E-state index is 0.331. The number of fused-ring (bicyclic) bond motifs is 1. The highest BCUT2D eigenvalue weighted by molar-refractivity contribution is 5.90. The molecule has 1 aliphatic rings. The summed E-state index contributed by atoms with van der Waals surface area (Å²) in [5, 5.41) is 8.26. The van der Waals surface area contributed by atoms with Gasteiger partial charge in [0.25, 0.3) is 0 Å². The molecule has 1 aliphatic carbocycles. The summed E-state index contributed by atoms with van der Waals surface area (Å²) in [5.41, 5.74) is 4.69. The maximum Gasteiger partial charge on any atom is 0.338 e. The number of carbonyl (C=O) groups excluding carboxylic acids is 1. The molecule has 0 aliphatic heterocycles. The molecule has 1 saturated carbocycles. The molecule has 0 atom stereocenters. The molecule has 32 heavy (non-hydrogen) atoms. The number of esters is 1. The van der Waals surface area contributed by atoms with Gasteiger partial charge in [-0.3, -0.25) is 0 Å². The Hall–Kier alpha value is -3.67. The molecule has 5 rings (SSSR count). The van der Waals surface area contributed by atoms with Gasteiger partial charge in [0.05, 0.1) is 17.0 Å². The number of aromatic nitrogens is 3. The van der Waals surface area contributed by atoms with Crippen molar-refractivity contribution in [1.82, 2.24) is 14.6 Å². The molecule has 2 heterocycles. The molecule has 1 N–H and O–H groups in total. The summed E-state index contributed by atoms with van der Waals surface area (Å²) in [6, 6.07) is 21.5. The van der Waals surface area contributed by atoms with E-state index in [1.807, 2.05) is 61.7 Å². The number of rotatable bonds is 5. The van der Waals surface area contributed by atoms with Crippen LogP contribution in [0.2, 0.25) is 0 Å². The molecule has 162 valence electrons. The Morgan fingerprint density at radius 3 is 2.41 bits per heavy atom. The van der Waals surface area contributed by atoms with Gasteiger partial charge in [-0.2, -0.15) is 9.61 Å². The third-order valence-electron chi connectivity index (χ3n) is 5.30. The van der Waals surface area contributed by atoms with E-state index in [0.29, 0.717) is 11.5 Å². The Morgan fingerprint density at radius 1 is 1.03 bits per heavy atom. The molecular formula is C26H26N4O2. The van der Waals surface area contributed by atoms with Crippen molar-refractivity contribution in [1.29, 1.82) is 0 Å². The van der Waals surface area contributed by atoms with Crippen molar-refractivity contribution in [3.8, 4) is 11.3 Å². The molecule has 1 fully saturated rings. The van der Waals surface area contributed by atoms with E-state index >= 15 is 0 Å². The Labute approximate surface area is 187 Å². The predicted octanol–water partition coefficient (Wildman–Crippen LogP) is 5.97.